The summed E-state index contributed by atoms with van der Waals surface area (Å²) in [6.45, 7) is 3.71. The van der Waals surface area contributed by atoms with E-state index in [1.54, 1.807) is 30.3 Å². The molecule has 1 N–H and O–H groups in total. The van der Waals surface area contributed by atoms with Crippen LogP contribution >= 0.6 is 0 Å². The van der Waals surface area contributed by atoms with Gasteiger partial charge in [0.1, 0.15) is 11.9 Å². The van der Waals surface area contributed by atoms with Gasteiger partial charge in [-0.2, -0.15) is 0 Å². The Balaban J connectivity index is 2.49. The Bertz CT molecular complexity index is 558. The summed E-state index contributed by atoms with van der Waals surface area (Å²) in [4.78, 5) is 10.7. The van der Waals surface area contributed by atoms with Crippen LogP contribution in [0, 0.1) is 0 Å². The molecule has 0 aliphatic rings. The summed E-state index contributed by atoms with van der Waals surface area (Å²) >= 11 is 0. The lowest BCUT2D eigenvalue weighted by molar-refractivity contribution is 0.0841. The molecule has 19 heavy (non-hydrogen) atoms. The van der Waals surface area contributed by atoms with Gasteiger partial charge in [0.15, 0.2) is 0 Å². The zero-order valence-corrected chi connectivity index (χ0v) is 10.6. The molecule has 0 bridgehead atoms. The minimum Gasteiger partial charge on any atom is -0.380 e. The van der Waals surface area contributed by atoms with Gasteiger partial charge in [-0.3, -0.25) is 4.79 Å². The van der Waals surface area contributed by atoms with E-state index < -0.39 is 5.60 Å². The average molecular weight is 252 g/mol. The molecular formula is C17H16O2. The van der Waals surface area contributed by atoms with Crippen molar-refractivity contribution in [2.75, 3.05) is 0 Å². The van der Waals surface area contributed by atoms with Crippen molar-refractivity contribution < 1.29 is 9.90 Å². The minimum atomic E-state index is -1.11. The SMILES string of the molecule is C=CCC(O)(c1ccccc1)c1ccc(C=O)cc1. The van der Waals surface area contributed by atoms with E-state index in [0.29, 0.717) is 12.0 Å². The number of aldehydes is 1. The van der Waals surface area contributed by atoms with E-state index in [1.165, 1.54) is 0 Å². The van der Waals surface area contributed by atoms with Crippen molar-refractivity contribution in [1.82, 2.24) is 0 Å². The fourth-order valence-corrected chi connectivity index (χ4v) is 2.16. The molecule has 2 heteroatoms. The third-order valence-electron chi connectivity index (χ3n) is 3.22. The summed E-state index contributed by atoms with van der Waals surface area (Å²) in [5.41, 5.74) is 1.06. The van der Waals surface area contributed by atoms with Crippen LogP contribution in [0.1, 0.15) is 27.9 Å². The topological polar surface area (TPSA) is 37.3 Å². The Labute approximate surface area is 113 Å². The Hall–Kier alpha value is -2.19. The molecule has 0 aliphatic heterocycles. The molecule has 2 aromatic rings. The molecule has 0 saturated carbocycles. The van der Waals surface area contributed by atoms with Gasteiger partial charge in [-0.05, 0) is 11.1 Å². The molecule has 2 rings (SSSR count). The molecule has 0 saturated heterocycles. The minimum absolute atomic E-state index is 0.414. The fraction of sp³-hybridized carbons (Fsp3) is 0.118. The summed E-state index contributed by atoms with van der Waals surface area (Å²) in [7, 11) is 0. The van der Waals surface area contributed by atoms with Gasteiger partial charge in [-0.25, -0.2) is 0 Å². The Morgan fingerprint density at radius 1 is 1.00 bits per heavy atom. The number of carbonyl (C=O) groups excluding carboxylic acids is 1. The fourth-order valence-electron chi connectivity index (χ4n) is 2.16. The number of rotatable bonds is 5. The second kappa shape index (κ2) is 5.63. The van der Waals surface area contributed by atoms with E-state index in [4.69, 9.17) is 0 Å². The lowest BCUT2D eigenvalue weighted by Crippen LogP contribution is -2.26. The van der Waals surface area contributed by atoms with E-state index in [-0.39, 0.29) is 0 Å². The van der Waals surface area contributed by atoms with E-state index >= 15 is 0 Å². The summed E-state index contributed by atoms with van der Waals surface area (Å²) in [6.07, 6.45) is 2.90. The Kier molecular flexibility index (Phi) is 3.93. The monoisotopic (exact) mass is 252 g/mol. The number of hydrogen-bond donors (Lipinski definition) is 1. The molecule has 0 aliphatic carbocycles. The number of carbonyl (C=O) groups is 1. The maximum absolute atomic E-state index is 11.0. The highest BCUT2D eigenvalue weighted by atomic mass is 16.3. The highest BCUT2D eigenvalue weighted by molar-refractivity contribution is 5.74. The van der Waals surface area contributed by atoms with Crippen LogP contribution in [0.3, 0.4) is 0 Å². The number of aliphatic hydroxyl groups is 1. The van der Waals surface area contributed by atoms with Crippen molar-refractivity contribution in [2.45, 2.75) is 12.0 Å². The molecule has 1 atom stereocenters. The number of benzene rings is 2. The quantitative estimate of drug-likeness (QED) is 0.654. The van der Waals surface area contributed by atoms with Crippen molar-refractivity contribution in [3.05, 3.63) is 83.9 Å². The van der Waals surface area contributed by atoms with Crippen LogP contribution in [0.2, 0.25) is 0 Å². The van der Waals surface area contributed by atoms with Gasteiger partial charge in [-0.1, -0.05) is 60.7 Å². The van der Waals surface area contributed by atoms with Crippen LogP contribution in [0.4, 0.5) is 0 Å². The molecule has 0 heterocycles. The van der Waals surface area contributed by atoms with Crippen LogP contribution in [-0.4, -0.2) is 11.4 Å². The van der Waals surface area contributed by atoms with Crippen molar-refractivity contribution in [3.63, 3.8) is 0 Å². The third-order valence-corrected chi connectivity index (χ3v) is 3.22. The van der Waals surface area contributed by atoms with E-state index in [1.807, 2.05) is 30.3 Å². The van der Waals surface area contributed by atoms with Crippen LogP contribution in [-0.2, 0) is 5.60 Å². The van der Waals surface area contributed by atoms with Crippen molar-refractivity contribution >= 4 is 6.29 Å². The van der Waals surface area contributed by atoms with Gasteiger partial charge >= 0.3 is 0 Å². The van der Waals surface area contributed by atoms with Gasteiger partial charge in [0.05, 0.1) is 0 Å². The molecule has 0 spiro atoms. The Morgan fingerprint density at radius 2 is 1.58 bits per heavy atom. The first kappa shape index (κ1) is 13.2. The first-order chi connectivity index (χ1) is 9.20. The summed E-state index contributed by atoms with van der Waals surface area (Å²) in [6, 6.07) is 16.4. The van der Waals surface area contributed by atoms with Gasteiger partial charge in [-0.15, -0.1) is 6.58 Å². The highest BCUT2D eigenvalue weighted by Crippen LogP contribution is 2.33. The largest absolute Gasteiger partial charge is 0.380 e. The van der Waals surface area contributed by atoms with Gasteiger partial charge in [0.2, 0.25) is 0 Å². The first-order valence-corrected chi connectivity index (χ1v) is 6.15. The molecular weight excluding hydrogens is 236 g/mol. The van der Waals surface area contributed by atoms with Crippen molar-refractivity contribution in [1.29, 1.82) is 0 Å². The normalized spacial score (nSPS) is 13.5. The molecule has 0 aromatic heterocycles. The molecule has 1 unspecified atom stereocenters. The second-order valence-electron chi connectivity index (χ2n) is 4.46. The zero-order chi connectivity index (χ0) is 13.7. The maximum Gasteiger partial charge on any atom is 0.150 e. The number of hydrogen-bond acceptors (Lipinski definition) is 2. The Morgan fingerprint density at radius 3 is 2.11 bits per heavy atom. The van der Waals surface area contributed by atoms with E-state index in [2.05, 4.69) is 6.58 Å². The van der Waals surface area contributed by atoms with Crippen LogP contribution in [0.15, 0.2) is 67.3 Å². The highest BCUT2D eigenvalue weighted by Gasteiger charge is 2.29. The summed E-state index contributed by atoms with van der Waals surface area (Å²) in [5.74, 6) is 0. The maximum atomic E-state index is 11.0. The molecule has 0 fully saturated rings. The molecule has 2 nitrogen and oxygen atoms in total. The molecule has 2 aromatic carbocycles. The molecule has 0 radical (unpaired) electrons. The average Bonchev–Trinajstić information content (AvgIpc) is 2.48. The molecule has 0 amide bonds. The zero-order valence-electron chi connectivity index (χ0n) is 10.6. The second-order valence-corrected chi connectivity index (χ2v) is 4.46. The van der Waals surface area contributed by atoms with Gasteiger partial charge in [0.25, 0.3) is 0 Å². The standard InChI is InChI=1S/C17H16O2/c1-2-12-17(19,15-6-4-3-5-7-15)16-10-8-14(13-18)9-11-16/h2-11,13,19H,1,12H2. The van der Waals surface area contributed by atoms with Crippen molar-refractivity contribution in [2.24, 2.45) is 0 Å². The van der Waals surface area contributed by atoms with Crippen LogP contribution < -0.4 is 0 Å². The molecule has 96 valence electrons. The predicted octanol–water partition coefficient (Wildman–Crippen LogP) is 3.31. The van der Waals surface area contributed by atoms with Crippen molar-refractivity contribution in [3.8, 4) is 0 Å². The summed E-state index contributed by atoms with van der Waals surface area (Å²) in [5, 5.41) is 11.0. The third kappa shape index (κ3) is 2.64. The lowest BCUT2D eigenvalue weighted by Gasteiger charge is -2.28. The van der Waals surface area contributed by atoms with E-state index in [0.717, 1.165) is 17.4 Å². The van der Waals surface area contributed by atoms with Crippen LogP contribution in [0.25, 0.3) is 0 Å². The summed E-state index contributed by atoms with van der Waals surface area (Å²) < 4.78 is 0. The van der Waals surface area contributed by atoms with Crippen LogP contribution in [0.5, 0.6) is 0 Å². The first-order valence-electron chi connectivity index (χ1n) is 6.15. The smallest absolute Gasteiger partial charge is 0.150 e. The van der Waals surface area contributed by atoms with Gasteiger partial charge in [0, 0.05) is 12.0 Å². The predicted molar refractivity (Wildman–Crippen MR) is 76.1 cm³/mol. The van der Waals surface area contributed by atoms with Gasteiger partial charge < -0.3 is 5.11 Å². The van der Waals surface area contributed by atoms with E-state index in [9.17, 15) is 9.90 Å². The lowest BCUT2D eigenvalue weighted by atomic mass is 9.83.